The highest BCUT2D eigenvalue weighted by Gasteiger charge is 2.17. The van der Waals surface area contributed by atoms with Crippen molar-refractivity contribution in [3.8, 4) is 11.5 Å². The van der Waals surface area contributed by atoms with E-state index in [2.05, 4.69) is 10.2 Å². The lowest BCUT2D eigenvalue weighted by atomic mass is 10.1. The minimum absolute atomic E-state index is 0.0280. The summed E-state index contributed by atoms with van der Waals surface area (Å²) < 4.78 is 5.49. The quantitative estimate of drug-likeness (QED) is 0.262. The Bertz CT molecular complexity index is 1080. The molecule has 0 unspecified atom stereocenters. The first kappa shape index (κ1) is 19.6. The molecule has 0 fully saturated rings. The first-order valence-electron chi connectivity index (χ1n) is 7.81. The summed E-state index contributed by atoms with van der Waals surface area (Å²) in [7, 11) is 0. The highest BCUT2D eigenvalue weighted by molar-refractivity contribution is 8.03. The summed E-state index contributed by atoms with van der Waals surface area (Å²) >= 11 is 6.59. The van der Waals surface area contributed by atoms with Crippen LogP contribution in [0.5, 0.6) is 0 Å². The monoisotopic (exact) mass is 417 g/mol. The number of hydrogen-bond donors (Lipinski definition) is 1. The van der Waals surface area contributed by atoms with Gasteiger partial charge < -0.3 is 9.52 Å². The Morgan fingerprint density at radius 2 is 1.96 bits per heavy atom. The van der Waals surface area contributed by atoms with Gasteiger partial charge in [0.25, 0.3) is 10.9 Å². The molecule has 0 bridgehead atoms. The minimum Gasteiger partial charge on any atom is -0.477 e. The van der Waals surface area contributed by atoms with E-state index in [1.54, 1.807) is 43.3 Å². The van der Waals surface area contributed by atoms with E-state index in [-0.39, 0.29) is 21.7 Å². The number of carboxylic acids is 1. The number of hydrogen-bond acceptors (Lipinski definition) is 7. The van der Waals surface area contributed by atoms with Gasteiger partial charge >= 0.3 is 5.97 Å². The predicted molar refractivity (Wildman–Crippen MR) is 104 cm³/mol. The summed E-state index contributed by atoms with van der Waals surface area (Å²) in [6, 6.07) is 11.2. The molecule has 0 atom stereocenters. The molecule has 0 radical (unpaired) electrons. The maximum atomic E-state index is 11.6. The number of nitro benzene ring substituents is 1. The molecule has 0 aliphatic carbocycles. The molecule has 3 rings (SSSR count). The Balaban J connectivity index is 1.87. The van der Waals surface area contributed by atoms with Crippen LogP contribution in [0.3, 0.4) is 0 Å². The Labute approximate surface area is 168 Å². The lowest BCUT2D eigenvalue weighted by molar-refractivity contribution is -0.385. The van der Waals surface area contributed by atoms with Gasteiger partial charge in [-0.25, -0.2) is 4.79 Å². The molecule has 10 heteroatoms. The summed E-state index contributed by atoms with van der Waals surface area (Å²) in [4.78, 5) is 22.0. The van der Waals surface area contributed by atoms with Crippen molar-refractivity contribution in [3.63, 3.8) is 0 Å². The van der Waals surface area contributed by atoms with Crippen LogP contribution in [0, 0.1) is 17.0 Å². The molecule has 0 aliphatic heterocycles. The summed E-state index contributed by atoms with van der Waals surface area (Å²) in [5.74, 6) is -1.01. The van der Waals surface area contributed by atoms with Gasteiger partial charge in [0.05, 0.1) is 4.92 Å². The van der Waals surface area contributed by atoms with E-state index in [0.717, 1.165) is 11.8 Å². The third kappa shape index (κ3) is 4.56. The molecule has 28 heavy (non-hydrogen) atoms. The number of halogens is 1. The molecule has 0 aliphatic rings. The van der Waals surface area contributed by atoms with Crippen LogP contribution in [0.15, 0.2) is 57.0 Å². The molecular weight excluding hydrogens is 406 g/mol. The summed E-state index contributed by atoms with van der Waals surface area (Å²) in [6.07, 6.45) is 1.31. The largest absolute Gasteiger partial charge is 0.477 e. The van der Waals surface area contributed by atoms with Crippen LogP contribution in [-0.2, 0) is 4.79 Å². The van der Waals surface area contributed by atoms with Crippen molar-refractivity contribution in [1.29, 1.82) is 0 Å². The molecular formula is C18H12ClN3O5S. The predicted octanol–water partition coefficient (Wildman–Crippen LogP) is 4.82. The Hall–Kier alpha value is -3.17. The van der Waals surface area contributed by atoms with Gasteiger partial charge in [-0.15, -0.1) is 10.2 Å². The number of aryl methyl sites for hydroxylation is 1. The number of nitro groups is 1. The molecule has 3 aromatic rings. The average Bonchev–Trinajstić information content (AvgIpc) is 3.11. The third-order valence-corrected chi connectivity index (χ3v) is 4.74. The Morgan fingerprint density at radius 1 is 1.25 bits per heavy atom. The van der Waals surface area contributed by atoms with Crippen LogP contribution < -0.4 is 0 Å². The molecule has 0 amide bonds. The number of aliphatic carboxylic acids is 1. The van der Waals surface area contributed by atoms with Crippen molar-refractivity contribution in [2.45, 2.75) is 12.1 Å². The zero-order chi connectivity index (χ0) is 20.3. The van der Waals surface area contributed by atoms with Gasteiger partial charge in [0.1, 0.15) is 4.91 Å². The highest BCUT2D eigenvalue weighted by atomic mass is 35.5. The van der Waals surface area contributed by atoms with E-state index in [1.807, 2.05) is 0 Å². The third-order valence-electron chi connectivity index (χ3n) is 3.63. The van der Waals surface area contributed by atoms with Crippen LogP contribution in [-0.4, -0.2) is 26.2 Å². The Morgan fingerprint density at radius 3 is 2.61 bits per heavy atom. The van der Waals surface area contributed by atoms with Crippen LogP contribution in [0.1, 0.15) is 11.1 Å². The number of aromatic nitrogens is 2. The van der Waals surface area contributed by atoms with Gasteiger partial charge in [0, 0.05) is 22.2 Å². The maximum Gasteiger partial charge on any atom is 0.342 e. The van der Waals surface area contributed by atoms with Crippen LogP contribution >= 0.6 is 23.4 Å². The molecule has 1 heterocycles. The van der Waals surface area contributed by atoms with Gasteiger partial charge in [-0.2, -0.15) is 0 Å². The van der Waals surface area contributed by atoms with E-state index < -0.39 is 10.9 Å². The van der Waals surface area contributed by atoms with Crippen LogP contribution in [0.25, 0.3) is 17.5 Å². The lowest BCUT2D eigenvalue weighted by Gasteiger charge is -2.01. The van der Waals surface area contributed by atoms with Crippen molar-refractivity contribution in [2.75, 3.05) is 0 Å². The topological polar surface area (TPSA) is 119 Å². The van der Waals surface area contributed by atoms with Gasteiger partial charge in [-0.05, 0) is 54.6 Å². The SMILES string of the molecule is Cc1ccc(/C=C(/Sc2nnc(-c3ccc(Cl)cc3)o2)C(=O)O)cc1[N+](=O)[O-]. The highest BCUT2D eigenvalue weighted by Crippen LogP contribution is 2.31. The second-order valence-corrected chi connectivity index (χ2v) is 7.03. The fourth-order valence-electron chi connectivity index (χ4n) is 2.25. The molecule has 1 aromatic heterocycles. The van der Waals surface area contributed by atoms with Crippen molar-refractivity contribution < 1.29 is 19.2 Å². The number of benzene rings is 2. The fraction of sp³-hybridized carbons (Fsp3) is 0.0556. The molecule has 0 spiro atoms. The number of rotatable bonds is 6. The minimum atomic E-state index is -1.22. The number of nitrogens with zero attached hydrogens (tertiary/aromatic N) is 3. The Kier molecular flexibility index (Phi) is 5.76. The van der Waals surface area contributed by atoms with E-state index in [0.29, 0.717) is 21.7 Å². The first-order valence-corrected chi connectivity index (χ1v) is 9.00. The van der Waals surface area contributed by atoms with Crippen molar-refractivity contribution in [2.24, 2.45) is 0 Å². The van der Waals surface area contributed by atoms with Crippen molar-refractivity contribution >= 4 is 41.1 Å². The zero-order valence-corrected chi connectivity index (χ0v) is 15.9. The van der Waals surface area contributed by atoms with Gasteiger partial charge in [0.2, 0.25) is 5.89 Å². The van der Waals surface area contributed by atoms with Gasteiger partial charge in [-0.3, -0.25) is 10.1 Å². The first-order chi connectivity index (χ1) is 13.3. The number of thioether (sulfide) groups is 1. The van der Waals surface area contributed by atoms with Crippen molar-refractivity contribution in [1.82, 2.24) is 10.2 Å². The molecule has 142 valence electrons. The van der Waals surface area contributed by atoms with Crippen LogP contribution in [0.2, 0.25) is 5.02 Å². The molecule has 2 aromatic carbocycles. The molecule has 8 nitrogen and oxygen atoms in total. The van der Waals surface area contributed by atoms with E-state index in [1.165, 1.54) is 12.1 Å². The standard InChI is InChI=1S/C18H12ClN3O5S/c1-10-2-3-11(8-14(10)22(25)26)9-15(17(23)24)28-18-21-20-16(27-18)12-4-6-13(19)7-5-12/h2-9H,1H3,(H,23,24)/b15-9+. The molecule has 1 N–H and O–H groups in total. The molecule has 0 saturated carbocycles. The van der Waals surface area contributed by atoms with Gasteiger partial charge in [0.15, 0.2) is 0 Å². The smallest absolute Gasteiger partial charge is 0.342 e. The van der Waals surface area contributed by atoms with Gasteiger partial charge in [-0.1, -0.05) is 23.7 Å². The lowest BCUT2D eigenvalue weighted by Crippen LogP contribution is -1.97. The second-order valence-electron chi connectivity index (χ2n) is 5.60. The summed E-state index contributed by atoms with van der Waals surface area (Å²) in [5.41, 5.74) is 1.40. The fourth-order valence-corrected chi connectivity index (χ4v) is 3.05. The number of carbonyl (C=O) groups is 1. The average molecular weight is 418 g/mol. The summed E-state index contributed by atoms with van der Waals surface area (Å²) in [6.45, 7) is 1.61. The second kappa shape index (κ2) is 8.24. The van der Waals surface area contributed by atoms with E-state index >= 15 is 0 Å². The number of carboxylic acid groups (broad SMARTS) is 1. The van der Waals surface area contributed by atoms with E-state index in [9.17, 15) is 20.0 Å². The van der Waals surface area contributed by atoms with E-state index in [4.69, 9.17) is 16.0 Å². The molecule has 0 saturated heterocycles. The van der Waals surface area contributed by atoms with Crippen LogP contribution in [0.4, 0.5) is 5.69 Å². The summed E-state index contributed by atoms with van der Waals surface area (Å²) in [5, 5.41) is 28.8. The van der Waals surface area contributed by atoms with Crippen molar-refractivity contribution in [3.05, 3.63) is 73.6 Å². The maximum absolute atomic E-state index is 11.6. The normalized spacial score (nSPS) is 11.4. The zero-order valence-electron chi connectivity index (χ0n) is 14.3.